The maximum absolute atomic E-state index is 13.5. The Morgan fingerprint density at radius 1 is 1.09 bits per heavy atom. The highest BCUT2D eigenvalue weighted by Gasteiger charge is 2.34. The van der Waals surface area contributed by atoms with Crippen molar-refractivity contribution >= 4 is 23.3 Å². The molecule has 1 atom stereocenters. The van der Waals surface area contributed by atoms with Crippen LogP contribution in [0.3, 0.4) is 0 Å². The molecule has 1 unspecified atom stereocenters. The second-order valence-corrected chi connectivity index (χ2v) is 8.71. The molecule has 0 saturated carbocycles. The van der Waals surface area contributed by atoms with Crippen LogP contribution in [-0.4, -0.2) is 40.9 Å². The quantitative estimate of drug-likeness (QED) is 0.468. The summed E-state index contributed by atoms with van der Waals surface area (Å²) in [6, 6.07) is 16.0. The van der Waals surface area contributed by atoms with E-state index < -0.39 is 11.7 Å². The maximum Gasteiger partial charge on any atom is 0.417 e. The number of piperidine rings is 1. The molecule has 1 amide bonds. The van der Waals surface area contributed by atoms with E-state index in [4.69, 9.17) is 11.6 Å². The van der Waals surface area contributed by atoms with Gasteiger partial charge in [0.05, 0.1) is 22.3 Å². The number of hydrogen-bond donors (Lipinski definition) is 0. The Morgan fingerprint density at radius 2 is 1.76 bits per heavy atom. The number of amides is 1. The summed E-state index contributed by atoms with van der Waals surface area (Å²) in [6.07, 6.45) is -0.896. The van der Waals surface area contributed by atoms with Gasteiger partial charge in [-0.2, -0.15) is 13.2 Å². The van der Waals surface area contributed by atoms with Crippen LogP contribution in [0.25, 0.3) is 0 Å². The predicted octanol–water partition coefficient (Wildman–Crippen LogP) is 5.61. The number of carbonyl (C=O) groups is 1. The van der Waals surface area contributed by atoms with Gasteiger partial charge in [0, 0.05) is 38.4 Å². The first-order valence-corrected chi connectivity index (χ1v) is 11.3. The summed E-state index contributed by atoms with van der Waals surface area (Å²) < 4.78 is 38.7. The van der Waals surface area contributed by atoms with Crippen molar-refractivity contribution in [3.05, 3.63) is 88.8 Å². The number of benzene rings is 1. The molecule has 1 aliphatic heterocycles. The third-order valence-corrected chi connectivity index (χ3v) is 6.39. The zero-order valence-corrected chi connectivity index (χ0v) is 19.3. The first-order valence-electron chi connectivity index (χ1n) is 11.0. The van der Waals surface area contributed by atoms with Crippen LogP contribution in [0.5, 0.6) is 0 Å². The SMILES string of the molecule is CN(C(=O)C1CCN(c2ncc(C(F)(F)F)cc2Cl)CC1)C(c1ccccc1)c1ccccn1. The third kappa shape index (κ3) is 5.17. The molecule has 1 fully saturated rings. The van der Waals surface area contributed by atoms with Crippen molar-refractivity contribution in [3.8, 4) is 0 Å². The summed E-state index contributed by atoms with van der Waals surface area (Å²) in [5.41, 5.74) is 0.868. The standard InChI is InChI=1S/C25H24ClF3N4O/c1-32(22(17-7-3-2-4-8-17)21-9-5-6-12-30-21)24(34)18-10-13-33(14-11-18)23-20(26)15-19(16-31-23)25(27,28)29/h2-9,12,15-16,18,22H,10-11,13-14H2,1H3. The number of nitrogens with zero attached hydrogens (tertiary/aromatic N) is 4. The van der Waals surface area contributed by atoms with Crippen molar-refractivity contribution in [2.45, 2.75) is 25.1 Å². The first kappa shape index (κ1) is 24.0. The Balaban J connectivity index is 1.47. The Bertz CT molecular complexity index is 1080. The van der Waals surface area contributed by atoms with Crippen LogP contribution in [0.2, 0.25) is 5.02 Å². The number of anilines is 1. The van der Waals surface area contributed by atoms with Crippen LogP contribution < -0.4 is 4.90 Å². The number of pyridine rings is 2. The minimum absolute atomic E-state index is 0.00521. The molecule has 4 rings (SSSR count). The van der Waals surface area contributed by atoms with Gasteiger partial charge < -0.3 is 9.80 Å². The van der Waals surface area contributed by atoms with Crippen LogP contribution in [0.1, 0.15) is 35.7 Å². The number of alkyl halides is 3. The average molecular weight is 489 g/mol. The molecule has 9 heteroatoms. The van der Waals surface area contributed by atoms with Gasteiger partial charge in [-0.1, -0.05) is 48.0 Å². The average Bonchev–Trinajstić information content (AvgIpc) is 2.84. The molecular weight excluding hydrogens is 465 g/mol. The second kappa shape index (κ2) is 10.0. The molecule has 2 aromatic heterocycles. The van der Waals surface area contributed by atoms with E-state index in [2.05, 4.69) is 9.97 Å². The normalized spacial score (nSPS) is 15.7. The van der Waals surface area contributed by atoms with Gasteiger partial charge in [-0.05, 0) is 36.6 Å². The smallest absolute Gasteiger partial charge is 0.355 e. The van der Waals surface area contributed by atoms with Crippen LogP contribution in [0.15, 0.2) is 67.0 Å². The molecule has 1 saturated heterocycles. The molecule has 3 heterocycles. The topological polar surface area (TPSA) is 49.3 Å². The largest absolute Gasteiger partial charge is 0.417 e. The number of hydrogen-bond acceptors (Lipinski definition) is 4. The van der Waals surface area contributed by atoms with Gasteiger partial charge in [0.1, 0.15) is 5.82 Å². The molecule has 178 valence electrons. The Hall–Kier alpha value is -3.13. The highest BCUT2D eigenvalue weighted by Crippen LogP contribution is 2.35. The Kier molecular flexibility index (Phi) is 7.07. The molecular formula is C25H24ClF3N4O. The molecule has 5 nitrogen and oxygen atoms in total. The van der Waals surface area contributed by atoms with E-state index >= 15 is 0 Å². The van der Waals surface area contributed by atoms with E-state index in [0.717, 1.165) is 23.5 Å². The summed E-state index contributed by atoms with van der Waals surface area (Å²) in [7, 11) is 1.79. The lowest BCUT2D eigenvalue weighted by Crippen LogP contribution is -2.43. The third-order valence-electron chi connectivity index (χ3n) is 6.11. The summed E-state index contributed by atoms with van der Waals surface area (Å²) in [4.78, 5) is 25.5. The van der Waals surface area contributed by atoms with E-state index in [1.165, 1.54) is 0 Å². The van der Waals surface area contributed by atoms with Gasteiger partial charge in [0.25, 0.3) is 0 Å². The maximum atomic E-state index is 13.5. The van der Waals surface area contributed by atoms with Gasteiger partial charge in [-0.25, -0.2) is 4.98 Å². The summed E-state index contributed by atoms with van der Waals surface area (Å²) >= 11 is 6.11. The molecule has 0 N–H and O–H groups in total. The van der Waals surface area contributed by atoms with Gasteiger partial charge in [-0.3, -0.25) is 9.78 Å². The second-order valence-electron chi connectivity index (χ2n) is 8.31. The Morgan fingerprint density at radius 3 is 2.35 bits per heavy atom. The number of rotatable bonds is 5. The van der Waals surface area contributed by atoms with Crippen molar-refractivity contribution in [3.63, 3.8) is 0 Å². The van der Waals surface area contributed by atoms with Crippen LogP contribution >= 0.6 is 11.6 Å². The molecule has 0 spiro atoms. The van der Waals surface area contributed by atoms with Crippen LogP contribution in [0.4, 0.5) is 19.0 Å². The predicted molar refractivity (Wildman–Crippen MR) is 124 cm³/mol. The molecule has 0 aliphatic carbocycles. The minimum Gasteiger partial charge on any atom is -0.355 e. The van der Waals surface area contributed by atoms with E-state index in [-0.39, 0.29) is 22.9 Å². The summed E-state index contributed by atoms with van der Waals surface area (Å²) in [5.74, 6) is 0.0968. The number of aromatic nitrogens is 2. The fourth-order valence-electron chi connectivity index (χ4n) is 4.34. The van der Waals surface area contributed by atoms with Gasteiger partial charge in [0.2, 0.25) is 5.91 Å². The van der Waals surface area contributed by atoms with Crippen molar-refractivity contribution in [2.24, 2.45) is 5.92 Å². The molecule has 0 radical (unpaired) electrons. The van der Waals surface area contributed by atoms with E-state index in [9.17, 15) is 18.0 Å². The van der Waals surface area contributed by atoms with Crippen molar-refractivity contribution in [1.82, 2.24) is 14.9 Å². The molecule has 1 aliphatic rings. The van der Waals surface area contributed by atoms with E-state index in [1.54, 1.807) is 18.1 Å². The van der Waals surface area contributed by atoms with Crippen molar-refractivity contribution < 1.29 is 18.0 Å². The molecule has 0 bridgehead atoms. The fraction of sp³-hybridized carbons (Fsp3) is 0.320. The number of carbonyl (C=O) groups excluding carboxylic acids is 1. The molecule has 3 aromatic rings. The van der Waals surface area contributed by atoms with Gasteiger partial charge in [0.15, 0.2) is 0 Å². The number of halogens is 4. The summed E-state index contributed by atoms with van der Waals surface area (Å²) in [5, 5.41) is -0.0454. The zero-order chi connectivity index (χ0) is 24.3. The highest BCUT2D eigenvalue weighted by molar-refractivity contribution is 6.33. The molecule has 1 aromatic carbocycles. The first-order chi connectivity index (χ1) is 16.3. The van der Waals surface area contributed by atoms with Crippen molar-refractivity contribution in [1.29, 1.82) is 0 Å². The van der Waals surface area contributed by atoms with Crippen LogP contribution in [-0.2, 0) is 11.0 Å². The lowest BCUT2D eigenvalue weighted by molar-refractivity contribution is -0.138. The van der Waals surface area contributed by atoms with E-state index in [1.807, 2.05) is 53.4 Å². The summed E-state index contributed by atoms with van der Waals surface area (Å²) in [6.45, 7) is 0.948. The highest BCUT2D eigenvalue weighted by atomic mass is 35.5. The Labute approximate surface area is 201 Å². The van der Waals surface area contributed by atoms with Crippen molar-refractivity contribution in [2.75, 3.05) is 25.0 Å². The fourth-order valence-corrected chi connectivity index (χ4v) is 4.62. The van der Waals surface area contributed by atoms with Gasteiger partial charge >= 0.3 is 6.18 Å². The van der Waals surface area contributed by atoms with Gasteiger partial charge in [-0.15, -0.1) is 0 Å². The van der Waals surface area contributed by atoms with Crippen LogP contribution in [0, 0.1) is 5.92 Å². The molecule has 34 heavy (non-hydrogen) atoms. The lowest BCUT2D eigenvalue weighted by Gasteiger charge is -2.36. The monoisotopic (exact) mass is 488 g/mol. The lowest BCUT2D eigenvalue weighted by atomic mass is 9.93. The van der Waals surface area contributed by atoms with E-state index in [0.29, 0.717) is 31.7 Å². The zero-order valence-electron chi connectivity index (χ0n) is 18.5. The minimum atomic E-state index is -4.50.